The average Bonchev–Trinajstić information content (AvgIpc) is 2.57. The van der Waals surface area contributed by atoms with Crippen LogP contribution in [0.2, 0.25) is 6.82 Å². The van der Waals surface area contributed by atoms with Crippen molar-refractivity contribution in [2.75, 3.05) is 13.1 Å². The van der Waals surface area contributed by atoms with Gasteiger partial charge in [-0.2, -0.15) is 0 Å². The Morgan fingerprint density at radius 2 is 1.86 bits per heavy atom. The molecule has 0 radical (unpaired) electrons. The molecule has 1 aromatic heterocycles. The van der Waals surface area contributed by atoms with Crippen LogP contribution in [0.4, 0.5) is 0 Å². The van der Waals surface area contributed by atoms with Crippen molar-refractivity contribution in [3.05, 3.63) is 65.8 Å². The fourth-order valence-electron chi connectivity index (χ4n) is 2.98. The molecule has 0 spiro atoms. The van der Waals surface area contributed by atoms with Crippen LogP contribution in [0.1, 0.15) is 24.1 Å². The first-order valence-corrected chi connectivity index (χ1v) is 7.71. The smallest absolute Gasteiger partial charge is 0.376 e. The van der Waals surface area contributed by atoms with E-state index in [0.717, 1.165) is 31.6 Å². The molecular weight excluding hydrogens is 273 g/mol. The topological polar surface area (TPSA) is 49.2 Å². The Morgan fingerprint density at radius 3 is 2.45 bits per heavy atom. The molecule has 0 saturated carbocycles. The molecule has 0 atom stereocenters. The lowest BCUT2D eigenvalue weighted by atomic mass is 9.81. The van der Waals surface area contributed by atoms with Gasteiger partial charge in [-0.05, 0) is 38.3 Å². The molecule has 0 amide bonds. The van der Waals surface area contributed by atoms with Crippen LogP contribution in [0.15, 0.2) is 54.5 Å². The summed E-state index contributed by atoms with van der Waals surface area (Å²) < 4.78 is 0. The zero-order valence-corrected chi connectivity index (χ0v) is 12.8. The monoisotopic (exact) mass is 293 g/mol. The zero-order chi connectivity index (χ0) is 15.4. The van der Waals surface area contributed by atoms with Crippen molar-refractivity contribution < 1.29 is 5.02 Å². The predicted octanol–water partition coefficient (Wildman–Crippen LogP) is 2.48. The van der Waals surface area contributed by atoms with E-state index in [1.54, 1.807) is 12.4 Å². The maximum absolute atomic E-state index is 9.72. The Balaban J connectivity index is 1.98. The van der Waals surface area contributed by atoms with Crippen molar-refractivity contribution in [2.45, 2.75) is 19.7 Å². The van der Waals surface area contributed by atoms with Gasteiger partial charge >= 0.3 is 7.05 Å². The van der Waals surface area contributed by atoms with Gasteiger partial charge in [-0.25, -0.2) is 0 Å². The van der Waals surface area contributed by atoms with Crippen LogP contribution >= 0.6 is 0 Å². The van der Waals surface area contributed by atoms with E-state index in [4.69, 9.17) is 0 Å². The first-order valence-electron chi connectivity index (χ1n) is 7.71. The molecule has 1 aliphatic heterocycles. The highest BCUT2D eigenvalue weighted by Crippen LogP contribution is 2.31. The van der Waals surface area contributed by atoms with Gasteiger partial charge in [-0.3, -0.25) is 9.97 Å². The summed E-state index contributed by atoms with van der Waals surface area (Å²) in [7, 11) is -0.377. The van der Waals surface area contributed by atoms with Crippen molar-refractivity contribution in [2.24, 2.45) is 0 Å². The number of piperidine rings is 1. The minimum atomic E-state index is -0.377. The maximum atomic E-state index is 9.72. The van der Waals surface area contributed by atoms with Crippen LogP contribution in [0.3, 0.4) is 0 Å². The molecule has 1 N–H and O–H groups in total. The first-order chi connectivity index (χ1) is 10.8. The Morgan fingerprint density at radius 1 is 1.14 bits per heavy atom. The second-order valence-corrected chi connectivity index (χ2v) is 5.60. The lowest BCUT2D eigenvalue weighted by Gasteiger charge is -2.30. The third-order valence-corrected chi connectivity index (χ3v) is 4.17. The number of aromatic nitrogens is 2. The van der Waals surface area contributed by atoms with Crippen LogP contribution in [-0.4, -0.2) is 39.9 Å². The van der Waals surface area contributed by atoms with Crippen molar-refractivity contribution in [1.82, 2.24) is 14.8 Å². The van der Waals surface area contributed by atoms with Crippen LogP contribution in [-0.2, 0) is 0 Å². The molecule has 0 bridgehead atoms. The van der Waals surface area contributed by atoms with Gasteiger partial charge in [-0.1, -0.05) is 35.9 Å². The van der Waals surface area contributed by atoms with E-state index in [2.05, 4.69) is 39.0 Å². The number of rotatable bonds is 3. The maximum Gasteiger partial charge on any atom is 0.376 e. The van der Waals surface area contributed by atoms with E-state index in [1.165, 1.54) is 16.7 Å². The summed E-state index contributed by atoms with van der Waals surface area (Å²) >= 11 is 0. The number of nitrogens with zero attached hydrogens (tertiary/aromatic N) is 3. The van der Waals surface area contributed by atoms with Gasteiger partial charge < -0.3 is 9.83 Å². The Labute approximate surface area is 131 Å². The van der Waals surface area contributed by atoms with Gasteiger partial charge in [0.2, 0.25) is 0 Å². The normalized spacial score (nSPS) is 15.6. The zero-order valence-electron chi connectivity index (χ0n) is 12.8. The largest absolute Gasteiger partial charge is 0.437 e. The molecule has 5 heteroatoms. The minimum Gasteiger partial charge on any atom is -0.437 e. The summed E-state index contributed by atoms with van der Waals surface area (Å²) in [5, 5.41) is 9.72. The number of benzene rings is 1. The quantitative estimate of drug-likeness (QED) is 0.883. The lowest BCUT2D eigenvalue weighted by molar-refractivity contribution is 0.345. The number of hydrogen-bond acceptors (Lipinski definition) is 4. The van der Waals surface area contributed by atoms with Crippen LogP contribution in [0.25, 0.3) is 5.57 Å². The highest BCUT2D eigenvalue weighted by atomic mass is 16.2. The van der Waals surface area contributed by atoms with Crippen molar-refractivity contribution >= 4 is 12.6 Å². The van der Waals surface area contributed by atoms with E-state index in [9.17, 15) is 5.02 Å². The van der Waals surface area contributed by atoms with E-state index in [0.29, 0.717) is 0 Å². The predicted molar refractivity (Wildman–Crippen MR) is 89.1 cm³/mol. The lowest BCUT2D eigenvalue weighted by Crippen LogP contribution is -2.41. The van der Waals surface area contributed by atoms with Gasteiger partial charge in [-0.15, -0.1) is 0 Å². The van der Waals surface area contributed by atoms with Crippen molar-refractivity contribution in [3.8, 4) is 0 Å². The minimum absolute atomic E-state index is 0.377. The van der Waals surface area contributed by atoms with Crippen LogP contribution in [0, 0.1) is 0 Å². The third-order valence-electron chi connectivity index (χ3n) is 4.17. The summed E-state index contributed by atoms with van der Waals surface area (Å²) in [5.41, 5.74) is 4.69. The second-order valence-electron chi connectivity index (χ2n) is 5.60. The van der Waals surface area contributed by atoms with Gasteiger partial charge in [0.15, 0.2) is 0 Å². The van der Waals surface area contributed by atoms with Gasteiger partial charge in [0.05, 0.1) is 11.9 Å². The summed E-state index contributed by atoms with van der Waals surface area (Å²) in [6, 6.07) is 10.4. The first kappa shape index (κ1) is 14.9. The molecule has 1 aliphatic rings. The molecule has 0 aliphatic carbocycles. The summed E-state index contributed by atoms with van der Waals surface area (Å²) in [6.07, 6.45) is 7.17. The number of hydrogen-bond donors (Lipinski definition) is 1. The molecule has 112 valence electrons. The molecule has 4 nitrogen and oxygen atoms in total. The summed E-state index contributed by atoms with van der Waals surface area (Å²) in [4.78, 5) is 10.8. The molecule has 2 aromatic rings. The summed E-state index contributed by atoms with van der Waals surface area (Å²) in [5.74, 6) is 0. The Bertz CT molecular complexity index is 592. The highest BCUT2D eigenvalue weighted by molar-refractivity contribution is 6.45. The molecule has 22 heavy (non-hydrogen) atoms. The van der Waals surface area contributed by atoms with Crippen LogP contribution < -0.4 is 0 Å². The summed E-state index contributed by atoms with van der Waals surface area (Å²) in [6.45, 7) is 3.59. The van der Waals surface area contributed by atoms with E-state index in [-0.39, 0.29) is 7.05 Å². The van der Waals surface area contributed by atoms with Gasteiger partial charge in [0, 0.05) is 18.0 Å². The average molecular weight is 293 g/mol. The van der Waals surface area contributed by atoms with Crippen LogP contribution in [0.5, 0.6) is 0 Å². The van der Waals surface area contributed by atoms with E-state index in [1.807, 2.05) is 19.1 Å². The highest BCUT2D eigenvalue weighted by Gasteiger charge is 2.23. The fourth-order valence-corrected chi connectivity index (χ4v) is 2.98. The Kier molecular flexibility index (Phi) is 4.66. The second kappa shape index (κ2) is 6.86. The van der Waals surface area contributed by atoms with Gasteiger partial charge in [0.1, 0.15) is 0 Å². The molecular formula is C17H20BN3O. The van der Waals surface area contributed by atoms with Crippen molar-refractivity contribution in [1.29, 1.82) is 0 Å². The molecule has 2 heterocycles. The molecule has 1 saturated heterocycles. The van der Waals surface area contributed by atoms with E-state index < -0.39 is 0 Å². The van der Waals surface area contributed by atoms with Gasteiger partial charge in [0.25, 0.3) is 0 Å². The third kappa shape index (κ3) is 3.26. The van der Waals surface area contributed by atoms with Crippen molar-refractivity contribution in [3.63, 3.8) is 0 Å². The molecule has 1 fully saturated rings. The standard InChI is InChI=1S/C17H20BN3O/c1-18(22)21-11-7-15(8-12-21)17(14-5-3-2-4-6-14)16-13-19-9-10-20-16/h2-6,9-10,13,22H,7-8,11-12H2,1H3. The molecule has 0 unspecified atom stereocenters. The molecule has 3 rings (SSSR count). The fraction of sp³-hybridized carbons (Fsp3) is 0.294. The molecule has 1 aromatic carbocycles. The Hall–Kier alpha value is -1.98. The SMILES string of the molecule is CB(O)N1CCC(=C(c2ccccc2)c2cnccn2)CC1. The van der Waals surface area contributed by atoms with E-state index >= 15 is 0 Å².